The van der Waals surface area contributed by atoms with E-state index < -0.39 is 15.2 Å². The van der Waals surface area contributed by atoms with Gasteiger partial charge in [-0.3, -0.25) is 0 Å². The van der Waals surface area contributed by atoms with Crippen LogP contribution in [-0.4, -0.2) is 15.2 Å². The van der Waals surface area contributed by atoms with Crippen LogP contribution in [0.3, 0.4) is 0 Å². The second-order valence-electron chi connectivity index (χ2n) is 4.65. The van der Waals surface area contributed by atoms with Crippen LogP contribution in [0.25, 0.3) is 0 Å². The Morgan fingerprint density at radius 1 is 0.800 bits per heavy atom. The molecule has 0 bridgehead atoms. The Balaban J connectivity index is 2.84. The zero-order chi connectivity index (χ0) is 7.83. The van der Waals surface area contributed by atoms with Crippen molar-refractivity contribution in [3.63, 3.8) is 0 Å². The van der Waals surface area contributed by atoms with Crippen molar-refractivity contribution in [1.29, 1.82) is 0 Å². The van der Waals surface area contributed by atoms with E-state index in [0.29, 0.717) is 0 Å². The summed E-state index contributed by atoms with van der Waals surface area (Å²) in [5.74, 6) is 0. The first-order valence-electron chi connectivity index (χ1n) is 4.11. The lowest BCUT2D eigenvalue weighted by Gasteiger charge is -2.39. The topological polar surface area (TPSA) is 0 Å². The maximum absolute atomic E-state index is 2.56. The minimum atomic E-state index is -0.766. The highest BCUT2D eigenvalue weighted by Gasteiger charge is 2.40. The summed E-state index contributed by atoms with van der Waals surface area (Å²) in [5.41, 5.74) is 0. The quantitative estimate of drug-likeness (QED) is 0.387. The van der Waals surface area contributed by atoms with E-state index in [1.54, 1.807) is 0 Å². The number of rotatable bonds is 0. The maximum atomic E-state index is 2.56. The van der Waals surface area contributed by atoms with E-state index in [1.807, 2.05) is 0 Å². The molecule has 0 saturated heterocycles. The van der Waals surface area contributed by atoms with Crippen LogP contribution in [0.2, 0.25) is 38.3 Å². The molecule has 0 aromatic rings. The summed E-state index contributed by atoms with van der Waals surface area (Å²) in [4.78, 5) is 0. The molecule has 0 spiro atoms. The highest BCUT2D eigenvalue weighted by Crippen LogP contribution is 2.30. The SMILES string of the molecule is C[Si]1(C)CC=CC[Si]1(C)C. The Hall–Kier alpha value is 0.174. The van der Waals surface area contributed by atoms with Crippen molar-refractivity contribution in [2.24, 2.45) is 0 Å². The summed E-state index contributed by atoms with van der Waals surface area (Å²) >= 11 is 0. The fourth-order valence-corrected chi connectivity index (χ4v) is 7.95. The van der Waals surface area contributed by atoms with Gasteiger partial charge < -0.3 is 0 Å². The molecule has 58 valence electrons. The molecular weight excluding hydrogens is 152 g/mol. The lowest BCUT2D eigenvalue weighted by atomic mass is 10.6. The van der Waals surface area contributed by atoms with Crippen LogP contribution in [0.4, 0.5) is 0 Å². The van der Waals surface area contributed by atoms with Crippen LogP contribution in [0.1, 0.15) is 0 Å². The lowest BCUT2D eigenvalue weighted by molar-refractivity contribution is 1.41. The fourth-order valence-electron chi connectivity index (χ4n) is 1.31. The molecule has 1 heterocycles. The molecule has 10 heavy (non-hydrogen) atoms. The van der Waals surface area contributed by atoms with Gasteiger partial charge in [0, 0.05) is 15.2 Å². The first kappa shape index (κ1) is 8.27. The second kappa shape index (κ2) is 2.34. The molecule has 0 aromatic heterocycles. The molecule has 1 aliphatic rings. The smallest absolute Gasteiger partial charge is 0.0452 e. The summed E-state index contributed by atoms with van der Waals surface area (Å²) in [6.07, 6.45) is 4.81. The summed E-state index contributed by atoms with van der Waals surface area (Å²) in [6.45, 7) is 10.2. The van der Waals surface area contributed by atoms with Crippen molar-refractivity contribution >= 4 is 15.2 Å². The van der Waals surface area contributed by atoms with Crippen molar-refractivity contribution < 1.29 is 0 Å². The van der Waals surface area contributed by atoms with E-state index in [4.69, 9.17) is 0 Å². The van der Waals surface area contributed by atoms with Gasteiger partial charge in [-0.15, -0.1) is 0 Å². The molecule has 1 aliphatic heterocycles. The van der Waals surface area contributed by atoms with Crippen molar-refractivity contribution in [3.8, 4) is 0 Å². The van der Waals surface area contributed by atoms with E-state index in [0.717, 1.165) is 0 Å². The van der Waals surface area contributed by atoms with Gasteiger partial charge in [0.1, 0.15) is 0 Å². The first-order chi connectivity index (χ1) is 4.46. The van der Waals surface area contributed by atoms with Gasteiger partial charge in [-0.05, 0) is 12.1 Å². The van der Waals surface area contributed by atoms with Crippen LogP contribution in [0.15, 0.2) is 12.2 Å². The first-order valence-corrected chi connectivity index (χ1v) is 11.5. The Morgan fingerprint density at radius 3 is 1.30 bits per heavy atom. The van der Waals surface area contributed by atoms with Crippen LogP contribution in [0, 0.1) is 0 Å². The van der Waals surface area contributed by atoms with Gasteiger partial charge in [-0.1, -0.05) is 38.3 Å². The molecule has 0 nitrogen and oxygen atoms in total. The van der Waals surface area contributed by atoms with Crippen molar-refractivity contribution in [2.45, 2.75) is 38.3 Å². The zero-order valence-electron chi connectivity index (χ0n) is 7.57. The van der Waals surface area contributed by atoms with Gasteiger partial charge in [0.2, 0.25) is 0 Å². The zero-order valence-corrected chi connectivity index (χ0v) is 9.57. The second-order valence-corrected chi connectivity index (χ2v) is 21.1. The third-order valence-corrected chi connectivity index (χ3v) is 21.6. The molecule has 0 saturated carbocycles. The molecule has 0 atom stereocenters. The van der Waals surface area contributed by atoms with E-state index in [2.05, 4.69) is 38.3 Å². The molecule has 2 heteroatoms. The Labute approximate surface area is 66.1 Å². The summed E-state index contributed by atoms with van der Waals surface area (Å²) in [6, 6.07) is 2.87. The van der Waals surface area contributed by atoms with Gasteiger partial charge in [-0.2, -0.15) is 0 Å². The van der Waals surface area contributed by atoms with Crippen molar-refractivity contribution in [2.75, 3.05) is 0 Å². The van der Waals surface area contributed by atoms with Gasteiger partial charge >= 0.3 is 0 Å². The monoisotopic (exact) mass is 170 g/mol. The molecule has 1 rings (SSSR count). The van der Waals surface area contributed by atoms with E-state index >= 15 is 0 Å². The van der Waals surface area contributed by atoms with Crippen LogP contribution >= 0.6 is 0 Å². The predicted molar refractivity (Wildman–Crippen MR) is 53.7 cm³/mol. The van der Waals surface area contributed by atoms with Crippen LogP contribution in [0.5, 0.6) is 0 Å². The minimum absolute atomic E-state index is 0.766. The summed E-state index contributed by atoms with van der Waals surface area (Å²) in [5, 5.41) is 0. The van der Waals surface area contributed by atoms with Crippen LogP contribution < -0.4 is 0 Å². The van der Waals surface area contributed by atoms with Gasteiger partial charge in [0.05, 0.1) is 0 Å². The molecular formula is C8H18Si2. The highest BCUT2D eigenvalue weighted by molar-refractivity contribution is 7.41. The largest absolute Gasteiger partial charge is 0.0917 e. The predicted octanol–water partition coefficient (Wildman–Crippen LogP) is 3.05. The number of hydrogen-bond acceptors (Lipinski definition) is 0. The Kier molecular flexibility index (Phi) is 1.94. The normalized spacial score (nSPS) is 28.4. The number of allylic oxidation sites excluding steroid dienone is 2. The molecule has 0 fully saturated rings. The average molecular weight is 170 g/mol. The third kappa shape index (κ3) is 1.27. The number of hydrogen-bond donors (Lipinski definition) is 0. The molecule has 0 amide bonds. The molecule has 0 radical (unpaired) electrons. The summed E-state index contributed by atoms with van der Waals surface area (Å²) in [7, 11) is -1.53. The molecule has 0 aliphatic carbocycles. The van der Waals surface area contributed by atoms with Gasteiger partial charge in [0.15, 0.2) is 0 Å². The fraction of sp³-hybridized carbons (Fsp3) is 0.750. The Bertz CT molecular complexity index is 139. The Morgan fingerprint density at radius 2 is 1.10 bits per heavy atom. The van der Waals surface area contributed by atoms with Gasteiger partial charge in [-0.25, -0.2) is 0 Å². The third-order valence-electron chi connectivity index (χ3n) is 3.26. The van der Waals surface area contributed by atoms with Crippen molar-refractivity contribution in [1.82, 2.24) is 0 Å². The van der Waals surface area contributed by atoms with E-state index in [9.17, 15) is 0 Å². The summed E-state index contributed by atoms with van der Waals surface area (Å²) < 4.78 is 0. The molecule has 0 aromatic carbocycles. The molecule has 0 N–H and O–H groups in total. The maximum Gasteiger partial charge on any atom is 0.0452 e. The van der Waals surface area contributed by atoms with E-state index in [1.165, 1.54) is 12.1 Å². The standard InChI is InChI=1S/C8H18Si2/c1-9(2)7-5-6-8-10(9,3)4/h5-6H,7-8H2,1-4H3. The molecule has 0 unspecified atom stereocenters. The van der Waals surface area contributed by atoms with E-state index in [-0.39, 0.29) is 0 Å². The lowest BCUT2D eigenvalue weighted by Crippen LogP contribution is -2.55. The van der Waals surface area contributed by atoms with Gasteiger partial charge in [0.25, 0.3) is 0 Å². The van der Waals surface area contributed by atoms with Crippen molar-refractivity contribution in [3.05, 3.63) is 12.2 Å². The minimum Gasteiger partial charge on any atom is -0.0917 e. The highest BCUT2D eigenvalue weighted by atomic mass is 29.3. The average Bonchev–Trinajstić information content (AvgIpc) is 1.77. The van der Waals surface area contributed by atoms with Crippen LogP contribution in [-0.2, 0) is 0 Å².